The molecule has 0 radical (unpaired) electrons. The summed E-state index contributed by atoms with van der Waals surface area (Å²) in [6, 6.07) is 7.89. The van der Waals surface area contributed by atoms with E-state index >= 15 is 0 Å². The Balaban J connectivity index is 1.68. The first-order valence-corrected chi connectivity index (χ1v) is 8.74. The van der Waals surface area contributed by atoms with Gasteiger partial charge in [0, 0.05) is 30.2 Å². The van der Waals surface area contributed by atoms with Crippen molar-refractivity contribution in [2.75, 3.05) is 18.8 Å². The molecule has 0 saturated carbocycles. The molecule has 7 heteroatoms. The number of thioether (sulfide) groups is 1. The van der Waals surface area contributed by atoms with Crippen LogP contribution in [0.5, 0.6) is 0 Å². The number of nitrogens with zero attached hydrogens (tertiary/aromatic N) is 3. The first-order valence-electron chi connectivity index (χ1n) is 7.75. The lowest BCUT2D eigenvalue weighted by Gasteiger charge is -2.18. The number of hydrogen-bond donors (Lipinski definition) is 1. The van der Waals surface area contributed by atoms with Gasteiger partial charge < -0.3 is 14.3 Å². The zero-order valence-electron chi connectivity index (χ0n) is 13.6. The van der Waals surface area contributed by atoms with E-state index in [1.165, 1.54) is 11.8 Å². The van der Waals surface area contributed by atoms with E-state index in [4.69, 9.17) is 4.42 Å². The molecule has 0 aliphatic heterocycles. The van der Waals surface area contributed by atoms with Gasteiger partial charge in [0.1, 0.15) is 0 Å². The highest BCUT2D eigenvalue weighted by molar-refractivity contribution is 7.99. The molecule has 2 aromatic heterocycles. The van der Waals surface area contributed by atoms with E-state index in [2.05, 4.69) is 28.3 Å². The molecule has 1 aromatic carbocycles. The fourth-order valence-electron chi connectivity index (χ4n) is 2.43. The number of carbonyl (C=O) groups is 1. The molecule has 0 atom stereocenters. The Morgan fingerprint density at radius 3 is 2.76 bits per heavy atom. The van der Waals surface area contributed by atoms with Crippen LogP contribution in [0.15, 0.2) is 65.4 Å². The normalized spacial score (nSPS) is 10.7. The van der Waals surface area contributed by atoms with Gasteiger partial charge >= 0.3 is 0 Å². The molecular formula is C18H18N4O2S. The number of fused-ring (bicyclic) bond motifs is 1. The van der Waals surface area contributed by atoms with E-state index < -0.39 is 0 Å². The summed E-state index contributed by atoms with van der Waals surface area (Å²) >= 11 is 1.22. The molecule has 128 valence electrons. The Kier molecular flexibility index (Phi) is 5.35. The maximum absolute atomic E-state index is 12.2. The molecule has 0 fully saturated rings. The third-order valence-electron chi connectivity index (χ3n) is 3.60. The van der Waals surface area contributed by atoms with E-state index in [9.17, 15) is 4.79 Å². The van der Waals surface area contributed by atoms with Gasteiger partial charge in [0.2, 0.25) is 5.91 Å². The number of H-pyrrole nitrogens is 1. The third kappa shape index (κ3) is 3.83. The van der Waals surface area contributed by atoms with Gasteiger partial charge in [0.05, 0.1) is 11.3 Å². The lowest BCUT2D eigenvalue weighted by Crippen LogP contribution is -2.32. The molecule has 0 aliphatic carbocycles. The number of amides is 1. The lowest BCUT2D eigenvalue weighted by molar-refractivity contribution is -0.127. The van der Waals surface area contributed by atoms with Gasteiger partial charge in [-0.15, -0.1) is 23.4 Å². The Labute approximate surface area is 149 Å². The zero-order chi connectivity index (χ0) is 17.6. The topological polar surface area (TPSA) is 75.0 Å². The van der Waals surface area contributed by atoms with Crippen molar-refractivity contribution >= 4 is 28.6 Å². The van der Waals surface area contributed by atoms with Crippen LogP contribution >= 0.6 is 11.8 Å². The van der Waals surface area contributed by atoms with Gasteiger partial charge in [-0.2, -0.15) is 0 Å². The summed E-state index contributed by atoms with van der Waals surface area (Å²) in [6.45, 7) is 8.29. The van der Waals surface area contributed by atoms with Crippen LogP contribution in [0.2, 0.25) is 0 Å². The molecule has 3 aromatic rings. The molecule has 0 unspecified atom stereocenters. The first kappa shape index (κ1) is 17.0. The van der Waals surface area contributed by atoms with Crippen LogP contribution in [0.25, 0.3) is 22.4 Å². The minimum atomic E-state index is -0.0309. The largest absolute Gasteiger partial charge is 0.411 e. The summed E-state index contributed by atoms with van der Waals surface area (Å²) in [7, 11) is 0. The van der Waals surface area contributed by atoms with Crippen molar-refractivity contribution in [3.63, 3.8) is 0 Å². The Bertz CT molecular complexity index is 889. The van der Waals surface area contributed by atoms with E-state index in [1.54, 1.807) is 17.1 Å². The predicted octanol–water partition coefficient (Wildman–Crippen LogP) is 3.51. The molecule has 0 spiro atoms. The van der Waals surface area contributed by atoms with Crippen LogP contribution in [0.4, 0.5) is 0 Å². The number of benzene rings is 1. The molecule has 6 nitrogen and oxygen atoms in total. The summed E-state index contributed by atoms with van der Waals surface area (Å²) in [5, 5.41) is 9.50. The molecule has 1 N–H and O–H groups in total. The molecule has 0 bridgehead atoms. The van der Waals surface area contributed by atoms with Crippen molar-refractivity contribution in [2.24, 2.45) is 0 Å². The number of hydrogen-bond acceptors (Lipinski definition) is 5. The van der Waals surface area contributed by atoms with E-state index in [1.807, 2.05) is 30.5 Å². The summed E-state index contributed by atoms with van der Waals surface area (Å²) in [6.07, 6.45) is 5.22. The van der Waals surface area contributed by atoms with Crippen molar-refractivity contribution in [1.29, 1.82) is 0 Å². The molecule has 0 aliphatic rings. The Hall–Kier alpha value is -2.80. The van der Waals surface area contributed by atoms with Gasteiger partial charge in [-0.3, -0.25) is 4.79 Å². The molecular weight excluding hydrogens is 336 g/mol. The number of aromatic amines is 1. The van der Waals surface area contributed by atoms with E-state index in [0.717, 1.165) is 16.5 Å². The van der Waals surface area contributed by atoms with Crippen molar-refractivity contribution < 1.29 is 9.21 Å². The Morgan fingerprint density at radius 1 is 1.24 bits per heavy atom. The second kappa shape index (κ2) is 7.85. The quantitative estimate of drug-likeness (QED) is 0.495. The minimum Gasteiger partial charge on any atom is -0.411 e. The van der Waals surface area contributed by atoms with Gasteiger partial charge in [0.25, 0.3) is 11.1 Å². The van der Waals surface area contributed by atoms with Crippen LogP contribution in [0.3, 0.4) is 0 Å². The SMILES string of the molecule is C=CCN(CC=C)C(=O)CSc1nnc(-c2c[nH]c3ccccc23)o1. The second-order valence-electron chi connectivity index (χ2n) is 5.29. The average Bonchev–Trinajstić information content (AvgIpc) is 3.26. The fourth-order valence-corrected chi connectivity index (χ4v) is 3.10. The van der Waals surface area contributed by atoms with Gasteiger partial charge in [-0.05, 0) is 6.07 Å². The zero-order valence-corrected chi connectivity index (χ0v) is 14.5. The van der Waals surface area contributed by atoms with Crippen molar-refractivity contribution in [2.45, 2.75) is 5.22 Å². The van der Waals surface area contributed by atoms with Crippen molar-refractivity contribution in [3.05, 3.63) is 55.8 Å². The number of carbonyl (C=O) groups excluding carboxylic acids is 1. The average molecular weight is 354 g/mol. The number of aromatic nitrogens is 3. The van der Waals surface area contributed by atoms with Crippen LogP contribution in [-0.2, 0) is 4.79 Å². The molecule has 2 heterocycles. The molecule has 3 rings (SSSR count). The summed E-state index contributed by atoms with van der Waals surface area (Å²) in [5.74, 6) is 0.620. The third-order valence-corrected chi connectivity index (χ3v) is 4.40. The maximum Gasteiger partial charge on any atom is 0.277 e. The minimum absolute atomic E-state index is 0.0309. The van der Waals surface area contributed by atoms with Crippen LogP contribution in [-0.4, -0.2) is 44.8 Å². The lowest BCUT2D eigenvalue weighted by atomic mass is 10.2. The van der Waals surface area contributed by atoms with E-state index in [-0.39, 0.29) is 11.7 Å². The smallest absolute Gasteiger partial charge is 0.277 e. The summed E-state index contributed by atoms with van der Waals surface area (Å²) < 4.78 is 5.70. The van der Waals surface area contributed by atoms with Gasteiger partial charge in [-0.1, -0.05) is 42.1 Å². The standard InChI is InChI=1S/C18H18N4O2S/c1-3-9-22(10-4-2)16(23)12-25-18-21-20-17(24-18)14-11-19-15-8-6-5-7-13(14)15/h3-8,11,19H,1-2,9-10,12H2. The first-order chi connectivity index (χ1) is 12.2. The van der Waals surface area contributed by atoms with Crippen LogP contribution in [0, 0.1) is 0 Å². The fraction of sp³-hybridized carbons (Fsp3) is 0.167. The van der Waals surface area contributed by atoms with Gasteiger partial charge in [-0.25, -0.2) is 0 Å². The predicted molar refractivity (Wildman–Crippen MR) is 99.3 cm³/mol. The Morgan fingerprint density at radius 2 is 2.00 bits per heavy atom. The van der Waals surface area contributed by atoms with Crippen LogP contribution < -0.4 is 0 Å². The van der Waals surface area contributed by atoms with E-state index in [0.29, 0.717) is 24.2 Å². The van der Waals surface area contributed by atoms with Crippen LogP contribution in [0.1, 0.15) is 0 Å². The maximum atomic E-state index is 12.2. The van der Waals surface area contributed by atoms with Crippen molar-refractivity contribution in [3.8, 4) is 11.5 Å². The second-order valence-corrected chi connectivity index (χ2v) is 6.21. The summed E-state index contributed by atoms with van der Waals surface area (Å²) in [4.78, 5) is 17.1. The monoisotopic (exact) mass is 354 g/mol. The number of para-hydroxylation sites is 1. The highest BCUT2D eigenvalue weighted by Crippen LogP contribution is 2.29. The van der Waals surface area contributed by atoms with Crippen molar-refractivity contribution in [1.82, 2.24) is 20.1 Å². The highest BCUT2D eigenvalue weighted by Gasteiger charge is 2.16. The number of nitrogens with one attached hydrogen (secondary N) is 1. The molecule has 1 amide bonds. The highest BCUT2D eigenvalue weighted by atomic mass is 32.2. The number of rotatable bonds is 8. The molecule has 0 saturated heterocycles. The van der Waals surface area contributed by atoms with Gasteiger partial charge in [0.15, 0.2) is 0 Å². The molecule has 25 heavy (non-hydrogen) atoms. The summed E-state index contributed by atoms with van der Waals surface area (Å²) in [5.41, 5.74) is 1.85.